The summed E-state index contributed by atoms with van der Waals surface area (Å²) in [4.78, 5) is 17.1. The Kier molecular flexibility index (Phi) is 5.34. The lowest BCUT2D eigenvalue weighted by Crippen LogP contribution is -2.26. The minimum Gasteiger partial charge on any atom is -0.322 e. The number of fused-ring (bicyclic) bond motifs is 1. The number of hydrogen-bond donors (Lipinski definition) is 1. The van der Waals surface area contributed by atoms with Gasteiger partial charge in [0.05, 0.1) is 12.1 Å². The topological polar surface area (TPSA) is 75.7 Å². The summed E-state index contributed by atoms with van der Waals surface area (Å²) in [5.41, 5.74) is 3.43. The Morgan fingerprint density at radius 3 is 2.62 bits per heavy atom. The summed E-state index contributed by atoms with van der Waals surface area (Å²) in [6.45, 7) is 0. The van der Waals surface area contributed by atoms with Crippen molar-refractivity contribution in [1.29, 1.82) is 0 Å². The first-order chi connectivity index (χ1) is 12.3. The lowest BCUT2D eigenvalue weighted by atomic mass is 10.1. The number of rotatable bonds is 5. The third-order valence-corrected chi connectivity index (χ3v) is 6.58. The van der Waals surface area contributed by atoms with Crippen LogP contribution in [0.5, 0.6) is 0 Å². The third-order valence-electron chi connectivity index (χ3n) is 4.42. The van der Waals surface area contributed by atoms with Gasteiger partial charge in [0.15, 0.2) is 0 Å². The SMILES string of the molecule is CON(C)S(=O)(=O)c1cc(C(=O)Nc2ccc3c(c2)CCC3)ccc1Cl. The predicted molar refractivity (Wildman–Crippen MR) is 99.8 cm³/mol. The van der Waals surface area contributed by atoms with Crippen molar-refractivity contribution >= 4 is 33.2 Å². The quantitative estimate of drug-likeness (QED) is 0.790. The van der Waals surface area contributed by atoms with Gasteiger partial charge in [0.25, 0.3) is 15.9 Å². The molecule has 0 saturated carbocycles. The van der Waals surface area contributed by atoms with E-state index in [1.165, 1.54) is 43.5 Å². The van der Waals surface area contributed by atoms with Crippen LogP contribution in [0, 0.1) is 0 Å². The maximum atomic E-state index is 12.6. The van der Waals surface area contributed by atoms with Gasteiger partial charge in [0, 0.05) is 18.3 Å². The van der Waals surface area contributed by atoms with Gasteiger partial charge in [0.1, 0.15) is 4.90 Å². The smallest absolute Gasteiger partial charge is 0.266 e. The number of nitrogens with one attached hydrogen (secondary N) is 1. The highest BCUT2D eigenvalue weighted by molar-refractivity contribution is 7.89. The monoisotopic (exact) mass is 394 g/mol. The van der Waals surface area contributed by atoms with E-state index in [1.54, 1.807) is 0 Å². The number of amides is 1. The molecule has 1 N–H and O–H groups in total. The van der Waals surface area contributed by atoms with Gasteiger partial charge in [-0.1, -0.05) is 22.1 Å². The lowest BCUT2D eigenvalue weighted by Gasteiger charge is -2.16. The standard InChI is InChI=1S/C18H19ClN2O4S/c1-21(25-2)26(23,24)17-11-14(7-9-16(17)19)18(22)20-15-8-6-12-4-3-5-13(12)10-15/h6-11H,3-5H2,1-2H3,(H,20,22). The van der Waals surface area contributed by atoms with Gasteiger partial charge < -0.3 is 5.32 Å². The molecule has 0 radical (unpaired) electrons. The molecule has 8 heteroatoms. The Bertz CT molecular complexity index is 960. The third kappa shape index (κ3) is 3.61. The number of benzene rings is 2. The molecule has 0 unspecified atom stereocenters. The summed E-state index contributed by atoms with van der Waals surface area (Å²) in [6.07, 6.45) is 3.19. The molecule has 6 nitrogen and oxygen atoms in total. The fourth-order valence-corrected chi connectivity index (χ4v) is 4.41. The molecule has 3 rings (SSSR count). The molecule has 1 aliphatic carbocycles. The number of anilines is 1. The van der Waals surface area contributed by atoms with Crippen LogP contribution in [0.4, 0.5) is 5.69 Å². The molecule has 0 fully saturated rings. The van der Waals surface area contributed by atoms with E-state index in [1.807, 2.05) is 18.2 Å². The van der Waals surface area contributed by atoms with Crippen molar-refractivity contribution < 1.29 is 18.0 Å². The number of halogens is 1. The van der Waals surface area contributed by atoms with Gasteiger partial charge in [0.2, 0.25) is 0 Å². The van der Waals surface area contributed by atoms with E-state index >= 15 is 0 Å². The Morgan fingerprint density at radius 1 is 1.15 bits per heavy atom. The zero-order chi connectivity index (χ0) is 18.9. The summed E-state index contributed by atoms with van der Waals surface area (Å²) in [5, 5.41) is 2.82. The molecule has 0 saturated heterocycles. The summed E-state index contributed by atoms with van der Waals surface area (Å²) >= 11 is 6.02. The second-order valence-electron chi connectivity index (χ2n) is 6.03. The Balaban J connectivity index is 1.87. The Labute approximate surface area is 157 Å². The number of hydroxylamine groups is 1. The molecule has 0 atom stereocenters. The van der Waals surface area contributed by atoms with Crippen LogP contribution in [-0.2, 0) is 27.7 Å². The second kappa shape index (κ2) is 7.36. The number of nitrogens with zero attached hydrogens (tertiary/aromatic N) is 1. The van der Waals surface area contributed by atoms with E-state index in [0.717, 1.165) is 19.3 Å². The van der Waals surface area contributed by atoms with Gasteiger partial charge >= 0.3 is 0 Å². The summed E-state index contributed by atoms with van der Waals surface area (Å²) < 4.78 is 25.6. The van der Waals surface area contributed by atoms with Gasteiger partial charge in [-0.2, -0.15) is 0 Å². The zero-order valence-electron chi connectivity index (χ0n) is 14.5. The van der Waals surface area contributed by atoms with Crippen molar-refractivity contribution in [3.05, 3.63) is 58.1 Å². The highest BCUT2D eigenvalue weighted by atomic mass is 35.5. The van der Waals surface area contributed by atoms with Crippen molar-refractivity contribution in [2.24, 2.45) is 0 Å². The van der Waals surface area contributed by atoms with Crippen LogP contribution in [0.25, 0.3) is 0 Å². The zero-order valence-corrected chi connectivity index (χ0v) is 16.0. The van der Waals surface area contributed by atoms with Crippen LogP contribution in [-0.4, -0.2) is 33.0 Å². The first-order valence-corrected chi connectivity index (χ1v) is 9.90. The number of aryl methyl sites for hydroxylation is 2. The molecule has 0 heterocycles. The van der Waals surface area contributed by atoms with Gasteiger partial charge in [-0.25, -0.2) is 8.42 Å². The van der Waals surface area contributed by atoms with Crippen LogP contribution in [0.15, 0.2) is 41.3 Å². The summed E-state index contributed by atoms with van der Waals surface area (Å²) in [5.74, 6) is -0.406. The molecule has 1 amide bonds. The number of carbonyl (C=O) groups is 1. The number of hydrogen-bond acceptors (Lipinski definition) is 4. The molecule has 2 aromatic carbocycles. The molecule has 0 bridgehead atoms. The molecule has 0 spiro atoms. The van der Waals surface area contributed by atoms with Crippen molar-refractivity contribution in [3.63, 3.8) is 0 Å². The molecule has 26 heavy (non-hydrogen) atoms. The van der Waals surface area contributed by atoms with Crippen LogP contribution in [0.3, 0.4) is 0 Å². The van der Waals surface area contributed by atoms with Crippen molar-refractivity contribution in [1.82, 2.24) is 4.47 Å². The molecule has 0 aromatic heterocycles. The summed E-state index contributed by atoms with van der Waals surface area (Å²) in [7, 11) is -1.47. The molecule has 138 valence electrons. The van der Waals surface area contributed by atoms with Gasteiger partial charge in [-0.05, 0) is 60.7 Å². The largest absolute Gasteiger partial charge is 0.322 e. The van der Waals surface area contributed by atoms with Crippen LogP contribution < -0.4 is 5.32 Å². The highest BCUT2D eigenvalue weighted by Crippen LogP contribution is 2.27. The number of carbonyl (C=O) groups excluding carboxylic acids is 1. The average molecular weight is 395 g/mol. The highest BCUT2D eigenvalue weighted by Gasteiger charge is 2.25. The molecular formula is C18H19ClN2O4S. The van der Waals surface area contributed by atoms with E-state index < -0.39 is 15.9 Å². The van der Waals surface area contributed by atoms with E-state index in [4.69, 9.17) is 16.4 Å². The van der Waals surface area contributed by atoms with Crippen LogP contribution >= 0.6 is 11.6 Å². The predicted octanol–water partition coefficient (Wildman–Crippen LogP) is 3.26. The van der Waals surface area contributed by atoms with Crippen molar-refractivity contribution in [2.45, 2.75) is 24.2 Å². The van der Waals surface area contributed by atoms with Crippen molar-refractivity contribution in [3.8, 4) is 0 Å². The first-order valence-electron chi connectivity index (χ1n) is 8.08. The van der Waals surface area contributed by atoms with Crippen molar-refractivity contribution in [2.75, 3.05) is 19.5 Å². The molecular weight excluding hydrogens is 376 g/mol. The molecule has 0 aliphatic heterocycles. The molecule has 1 aliphatic rings. The van der Waals surface area contributed by atoms with Gasteiger partial charge in [-0.15, -0.1) is 0 Å². The Hall–Kier alpha value is -1.93. The minimum atomic E-state index is -3.96. The fourth-order valence-electron chi connectivity index (χ4n) is 2.93. The van der Waals surface area contributed by atoms with Gasteiger partial charge in [-0.3, -0.25) is 9.63 Å². The maximum absolute atomic E-state index is 12.6. The van der Waals surface area contributed by atoms with E-state index in [0.29, 0.717) is 10.2 Å². The molecule has 2 aromatic rings. The van der Waals surface area contributed by atoms with E-state index in [9.17, 15) is 13.2 Å². The number of sulfonamides is 1. The van der Waals surface area contributed by atoms with Crippen LogP contribution in [0.1, 0.15) is 27.9 Å². The van der Waals surface area contributed by atoms with E-state index in [-0.39, 0.29) is 15.5 Å². The maximum Gasteiger partial charge on any atom is 0.266 e. The summed E-state index contributed by atoms with van der Waals surface area (Å²) in [6, 6.07) is 9.95. The normalized spacial score (nSPS) is 13.7. The minimum absolute atomic E-state index is 0.0166. The van der Waals surface area contributed by atoms with Crippen LogP contribution in [0.2, 0.25) is 5.02 Å². The lowest BCUT2D eigenvalue weighted by molar-refractivity contribution is -0.0258. The fraction of sp³-hybridized carbons (Fsp3) is 0.278. The first kappa shape index (κ1) is 18.8. The van der Waals surface area contributed by atoms with E-state index in [2.05, 4.69) is 5.32 Å². The Morgan fingerprint density at radius 2 is 1.88 bits per heavy atom. The average Bonchev–Trinajstić information content (AvgIpc) is 3.08. The second-order valence-corrected chi connectivity index (χ2v) is 8.35.